The zero-order valence-electron chi connectivity index (χ0n) is 21.6. The number of benzene rings is 1. The molecule has 0 radical (unpaired) electrons. The fourth-order valence-electron chi connectivity index (χ4n) is 4.79. The van der Waals surface area contributed by atoms with E-state index in [1.165, 1.54) is 0 Å². The average molecular weight is 578 g/mol. The first-order valence-corrected chi connectivity index (χ1v) is 14.1. The molecule has 1 aromatic carbocycles. The molecule has 0 saturated carbocycles. The smallest absolute Gasteiger partial charge is 0.246 e. The Kier molecular flexibility index (Phi) is 10.3. The zero-order chi connectivity index (χ0) is 27.0. The van der Waals surface area contributed by atoms with Crippen LogP contribution in [0.25, 0.3) is 0 Å². The van der Waals surface area contributed by atoms with Crippen LogP contribution in [0.2, 0.25) is 0 Å². The monoisotopic (exact) mass is 576 g/mol. The van der Waals surface area contributed by atoms with E-state index in [1.54, 1.807) is 18.7 Å². The average Bonchev–Trinajstić information content (AvgIpc) is 3.36. The van der Waals surface area contributed by atoms with Gasteiger partial charge in [-0.1, -0.05) is 59.1 Å². The Bertz CT molecular complexity index is 1000. The topological polar surface area (TPSA) is 125 Å². The lowest BCUT2D eigenvalue weighted by Gasteiger charge is -2.34. The highest BCUT2D eigenvalue weighted by Crippen LogP contribution is 2.21. The van der Waals surface area contributed by atoms with Crippen LogP contribution in [-0.4, -0.2) is 69.9 Å². The van der Waals surface area contributed by atoms with Gasteiger partial charge in [0.15, 0.2) is 0 Å². The highest BCUT2D eigenvalue weighted by Gasteiger charge is 2.42. The van der Waals surface area contributed by atoms with Crippen LogP contribution in [0.4, 0.5) is 0 Å². The predicted molar refractivity (Wildman–Crippen MR) is 143 cm³/mol. The summed E-state index contributed by atoms with van der Waals surface area (Å²) in [4.78, 5) is 66.5. The second-order valence-electron chi connectivity index (χ2n) is 10.4. The Morgan fingerprint density at radius 3 is 2.43 bits per heavy atom. The first-order valence-electron chi connectivity index (χ1n) is 13.0. The van der Waals surface area contributed by atoms with Gasteiger partial charge in [-0.15, -0.1) is 0 Å². The number of hydrogen-bond donors (Lipinski definition) is 3. The SMILES string of the molecule is CC1(C)NC(=O)C(CCCCCC(=O)CBr)NC(=O)C2CCCN2C(=O)C(Cc2ccccc2)NC1=O. The standard InChI is InChI=1S/C27H37BrN4O5/c1-27(2)26(37)30-21(16-18-10-5-3-6-11-18)25(36)32-15-9-14-22(32)24(35)29-20(23(34)31-27)13-8-4-7-12-19(33)17-28/h3,5-6,10-11,20-22H,4,7-9,12-17H2,1-2H3,(H,29,35)(H,30,37)(H,31,34). The molecule has 3 atom stereocenters. The summed E-state index contributed by atoms with van der Waals surface area (Å²) in [5.41, 5.74) is -0.422. The fraction of sp³-hybridized carbons (Fsp3) is 0.593. The van der Waals surface area contributed by atoms with Gasteiger partial charge in [-0.2, -0.15) is 0 Å². The number of nitrogens with one attached hydrogen (secondary N) is 3. The molecule has 3 unspecified atom stereocenters. The Morgan fingerprint density at radius 1 is 1.00 bits per heavy atom. The second-order valence-corrected chi connectivity index (χ2v) is 10.9. The minimum Gasteiger partial charge on any atom is -0.343 e. The molecule has 2 aliphatic heterocycles. The number of carbonyl (C=O) groups excluding carboxylic acids is 5. The van der Waals surface area contributed by atoms with Crippen molar-refractivity contribution in [2.75, 3.05) is 11.9 Å². The van der Waals surface area contributed by atoms with Crippen molar-refractivity contribution in [3.8, 4) is 0 Å². The van der Waals surface area contributed by atoms with E-state index >= 15 is 0 Å². The van der Waals surface area contributed by atoms with Crippen LogP contribution >= 0.6 is 15.9 Å². The second kappa shape index (κ2) is 13.2. The van der Waals surface area contributed by atoms with E-state index < -0.39 is 35.5 Å². The zero-order valence-corrected chi connectivity index (χ0v) is 23.1. The van der Waals surface area contributed by atoms with Crippen LogP contribution in [-0.2, 0) is 30.4 Å². The van der Waals surface area contributed by atoms with Gasteiger partial charge in [0.2, 0.25) is 23.6 Å². The van der Waals surface area contributed by atoms with E-state index in [0.29, 0.717) is 50.4 Å². The Hall–Kier alpha value is -2.75. The minimum atomic E-state index is -1.30. The first kappa shape index (κ1) is 28.8. The summed E-state index contributed by atoms with van der Waals surface area (Å²) in [5, 5.41) is 8.80. The molecule has 37 heavy (non-hydrogen) atoms. The third-order valence-electron chi connectivity index (χ3n) is 6.96. The number of ketones is 1. The molecule has 202 valence electrons. The van der Waals surface area contributed by atoms with Crippen molar-refractivity contribution in [1.82, 2.24) is 20.9 Å². The summed E-state index contributed by atoms with van der Waals surface area (Å²) in [6.07, 6.45) is 4.34. The molecule has 0 spiro atoms. The first-order chi connectivity index (χ1) is 17.6. The van der Waals surface area contributed by atoms with E-state index in [0.717, 1.165) is 12.0 Å². The quantitative estimate of drug-likeness (QED) is 0.306. The molecule has 0 aromatic heterocycles. The number of nitrogens with zero attached hydrogens (tertiary/aromatic N) is 1. The molecular weight excluding hydrogens is 540 g/mol. The molecule has 9 nitrogen and oxygen atoms in total. The van der Waals surface area contributed by atoms with Crippen LogP contribution in [0, 0.1) is 0 Å². The molecular formula is C27H37BrN4O5. The maximum absolute atomic E-state index is 13.6. The van der Waals surface area contributed by atoms with Crippen molar-refractivity contribution < 1.29 is 24.0 Å². The molecule has 2 saturated heterocycles. The van der Waals surface area contributed by atoms with Crippen LogP contribution < -0.4 is 16.0 Å². The number of halogens is 1. The minimum absolute atomic E-state index is 0.126. The van der Waals surface area contributed by atoms with Crippen LogP contribution in [0.5, 0.6) is 0 Å². The van der Waals surface area contributed by atoms with Gasteiger partial charge < -0.3 is 20.9 Å². The maximum Gasteiger partial charge on any atom is 0.246 e. The van der Waals surface area contributed by atoms with Crippen molar-refractivity contribution >= 4 is 45.3 Å². The Balaban J connectivity index is 1.80. The number of unbranched alkanes of at least 4 members (excludes halogenated alkanes) is 2. The molecule has 1 aromatic rings. The number of Topliss-reactive ketones (excluding diaryl/α,β-unsaturated/α-hetero) is 1. The largest absolute Gasteiger partial charge is 0.343 e. The van der Waals surface area contributed by atoms with Crippen molar-refractivity contribution in [3.05, 3.63) is 35.9 Å². The van der Waals surface area contributed by atoms with Gasteiger partial charge in [-0.3, -0.25) is 24.0 Å². The van der Waals surface area contributed by atoms with Crippen molar-refractivity contribution in [1.29, 1.82) is 0 Å². The van der Waals surface area contributed by atoms with E-state index in [9.17, 15) is 24.0 Å². The number of alkyl halides is 1. The molecule has 4 amide bonds. The van der Waals surface area contributed by atoms with Gasteiger partial charge in [0.05, 0.1) is 5.33 Å². The van der Waals surface area contributed by atoms with Crippen molar-refractivity contribution in [3.63, 3.8) is 0 Å². The van der Waals surface area contributed by atoms with Crippen LogP contribution in [0.3, 0.4) is 0 Å². The number of fused-ring (bicyclic) bond motifs is 1. The number of amides is 4. The number of carbonyl (C=O) groups is 5. The van der Waals surface area contributed by atoms with Gasteiger partial charge in [0.1, 0.15) is 29.4 Å². The Morgan fingerprint density at radius 2 is 1.73 bits per heavy atom. The molecule has 2 aliphatic rings. The van der Waals surface area contributed by atoms with Gasteiger partial charge in [-0.25, -0.2) is 0 Å². The lowest BCUT2D eigenvalue weighted by Crippen LogP contribution is -2.64. The van der Waals surface area contributed by atoms with E-state index in [1.807, 2.05) is 30.3 Å². The van der Waals surface area contributed by atoms with Gasteiger partial charge in [0, 0.05) is 19.4 Å². The van der Waals surface area contributed by atoms with Crippen LogP contribution in [0.1, 0.15) is 64.4 Å². The lowest BCUT2D eigenvalue weighted by atomic mass is 9.98. The molecule has 0 aliphatic carbocycles. The summed E-state index contributed by atoms with van der Waals surface area (Å²) >= 11 is 3.15. The lowest BCUT2D eigenvalue weighted by molar-refractivity contribution is -0.144. The summed E-state index contributed by atoms with van der Waals surface area (Å²) in [7, 11) is 0. The Labute approximate surface area is 226 Å². The van der Waals surface area contributed by atoms with Crippen molar-refractivity contribution in [2.45, 2.75) is 88.9 Å². The maximum atomic E-state index is 13.6. The van der Waals surface area contributed by atoms with E-state index in [-0.39, 0.29) is 24.0 Å². The highest BCUT2D eigenvalue weighted by atomic mass is 79.9. The molecule has 2 fully saturated rings. The third kappa shape index (κ3) is 7.87. The third-order valence-corrected chi connectivity index (χ3v) is 7.58. The summed E-state index contributed by atoms with van der Waals surface area (Å²) in [6.45, 7) is 3.58. The molecule has 10 heteroatoms. The fourth-order valence-corrected chi connectivity index (χ4v) is 5.07. The number of rotatable bonds is 9. The van der Waals surface area contributed by atoms with Gasteiger partial charge in [0.25, 0.3) is 0 Å². The normalized spacial score (nSPS) is 24.3. The molecule has 0 bridgehead atoms. The summed E-state index contributed by atoms with van der Waals surface area (Å²) in [5.74, 6) is -1.44. The van der Waals surface area contributed by atoms with Gasteiger partial charge >= 0.3 is 0 Å². The van der Waals surface area contributed by atoms with E-state index in [4.69, 9.17) is 0 Å². The predicted octanol–water partition coefficient (Wildman–Crippen LogP) is 2.01. The van der Waals surface area contributed by atoms with Gasteiger partial charge in [-0.05, 0) is 45.1 Å². The van der Waals surface area contributed by atoms with Crippen LogP contribution in [0.15, 0.2) is 30.3 Å². The molecule has 3 N–H and O–H groups in total. The molecule has 2 heterocycles. The summed E-state index contributed by atoms with van der Waals surface area (Å²) < 4.78 is 0. The summed E-state index contributed by atoms with van der Waals surface area (Å²) in [6, 6.07) is 6.99. The molecule has 3 rings (SSSR count). The highest BCUT2D eigenvalue weighted by molar-refractivity contribution is 9.09. The van der Waals surface area contributed by atoms with E-state index in [2.05, 4.69) is 31.9 Å². The number of hydrogen-bond acceptors (Lipinski definition) is 5. The van der Waals surface area contributed by atoms with Crippen molar-refractivity contribution in [2.24, 2.45) is 0 Å².